The topological polar surface area (TPSA) is 69.0 Å². The van der Waals surface area contributed by atoms with Crippen molar-refractivity contribution in [3.05, 3.63) is 89.7 Å². The van der Waals surface area contributed by atoms with Crippen LogP contribution in [-0.2, 0) is 0 Å². The Bertz CT molecular complexity index is 1270. The Morgan fingerprint density at radius 1 is 1.06 bits per heavy atom. The molecular formula is C26H25FN4O2. The Morgan fingerprint density at radius 3 is 2.55 bits per heavy atom. The van der Waals surface area contributed by atoms with Crippen molar-refractivity contribution in [1.82, 2.24) is 14.8 Å². The van der Waals surface area contributed by atoms with Crippen molar-refractivity contribution >= 4 is 11.6 Å². The van der Waals surface area contributed by atoms with Gasteiger partial charge in [-0.25, -0.2) is 9.07 Å². The SMILES string of the molecule is Cc1ccc(C(=O)Nc2cccc(-n3nc(OCC(C)C)nc3-c3ccccc3F)c2)cc1. The van der Waals surface area contributed by atoms with E-state index in [0.29, 0.717) is 34.9 Å². The summed E-state index contributed by atoms with van der Waals surface area (Å²) in [5.74, 6) is -0.0329. The van der Waals surface area contributed by atoms with Gasteiger partial charge >= 0.3 is 6.01 Å². The van der Waals surface area contributed by atoms with Gasteiger partial charge in [0.2, 0.25) is 0 Å². The number of aryl methyl sites for hydroxylation is 1. The highest BCUT2D eigenvalue weighted by Crippen LogP contribution is 2.27. The summed E-state index contributed by atoms with van der Waals surface area (Å²) in [6.07, 6.45) is 0. The molecule has 168 valence electrons. The monoisotopic (exact) mass is 444 g/mol. The molecule has 4 aromatic rings. The highest BCUT2D eigenvalue weighted by molar-refractivity contribution is 6.04. The summed E-state index contributed by atoms with van der Waals surface area (Å²) in [7, 11) is 0. The Hall–Kier alpha value is -4.00. The van der Waals surface area contributed by atoms with Crippen molar-refractivity contribution in [2.24, 2.45) is 5.92 Å². The van der Waals surface area contributed by atoms with Gasteiger partial charge in [0.15, 0.2) is 5.82 Å². The van der Waals surface area contributed by atoms with Crippen molar-refractivity contribution in [1.29, 1.82) is 0 Å². The molecule has 0 saturated carbocycles. The molecule has 0 atom stereocenters. The summed E-state index contributed by atoms with van der Waals surface area (Å²) in [6, 6.07) is 21.0. The molecule has 7 heteroatoms. The molecule has 0 fully saturated rings. The third-order valence-electron chi connectivity index (χ3n) is 4.91. The van der Waals surface area contributed by atoms with Crippen molar-refractivity contribution in [2.45, 2.75) is 20.8 Å². The molecule has 0 aliphatic heterocycles. The number of nitrogens with zero attached hydrogens (tertiary/aromatic N) is 3. The normalized spacial score (nSPS) is 10.9. The lowest BCUT2D eigenvalue weighted by Gasteiger charge is -2.10. The van der Waals surface area contributed by atoms with E-state index in [9.17, 15) is 9.18 Å². The molecule has 0 bridgehead atoms. The van der Waals surface area contributed by atoms with Gasteiger partial charge in [0, 0.05) is 11.3 Å². The number of nitrogens with one attached hydrogen (secondary N) is 1. The van der Waals surface area contributed by atoms with E-state index in [0.717, 1.165) is 5.56 Å². The second-order valence-electron chi connectivity index (χ2n) is 8.18. The van der Waals surface area contributed by atoms with Gasteiger partial charge in [-0.05, 0) is 55.3 Å². The number of anilines is 1. The number of benzene rings is 3. The molecule has 4 rings (SSSR count). The third kappa shape index (κ3) is 5.26. The minimum atomic E-state index is -0.412. The van der Waals surface area contributed by atoms with Gasteiger partial charge in [0.1, 0.15) is 5.82 Å². The fourth-order valence-corrected chi connectivity index (χ4v) is 3.22. The van der Waals surface area contributed by atoms with E-state index in [1.54, 1.807) is 48.5 Å². The van der Waals surface area contributed by atoms with Crippen molar-refractivity contribution in [3.63, 3.8) is 0 Å². The molecular weight excluding hydrogens is 419 g/mol. The van der Waals surface area contributed by atoms with Crippen molar-refractivity contribution < 1.29 is 13.9 Å². The molecule has 1 aromatic heterocycles. The lowest BCUT2D eigenvalue weighted by molar-refractivity contribution is 0.102. The fourth-order valence-electron chi connectivity index (χ4n) is 3.22. The van der Waals surface area contributed by atoms with Crippen molar-refractivity contribution in [2.75, 3.05) is 11.9 Å². The Kier molecular flexibility index (Phi) is 6.49. The maximum Gasteiger partial charge on any atom is 0.336 e. The maximum atomic E-state index is 14.6. The van der Waals surface area contributed by atoms with Crippen LogP contribution in [0.25, 0.3) is 17.1 Å². The summed E-state index contributed by atoms with van der Waals surface area (Å²) in [5.41, 5.74) is 3.14. The first kappa shape index (κ1) is 22.2. The molecule has 1 N–H and O–H groups in total. The predicted octanol–water partition coefficient (Wildman–Crippen LogP) is 5.67. The number of halogens is 1. The number of hydrogen-bond donors (Lipinski definition) is 1. The van der Waals surface area contributed by atoms with E-state index in [1.807, 2.05) is 39.0 Å². The third-order valence-corrected chi connectivity index (χ3v) is 4.91. The number of carbonyl (C=O) groups is 1. The molecule has 0 aliphatic carbocycles. The van der Waals surface area contributed by atoms with Crippen LogP contribution in [0.2, 0.25) is 0 Å². The quantitative estimate of drug-likeness (QED) is 0.399. The van der Waals surface area contributed by atoms with Crippen LogP contribution in [0.4, 0.5) is 10.1 Å². The lowest BCUT2D eigenvalue weighted by atomic mass is 10.1. The zero-order valence-corrected chi connectivity index (χ0v) is 18.7. The van der Waals surface area contributed by atoms with Crippen LogP contribution in [0.15, 0.2) is 72.8 Å². The smallest absolute Gasteiger partial charge is 0.336 e. The molecule has 3 aromatic carbocycles. The largest absolute Gasteiger partial charge is 0.462 e. The van der Waals surface area contributed by atoms with E-state index in [4.69, 9.17) is 4.74 Å². The average Bonchev–Trinajstić information content (AvgIpc) is 3.23. The van der Waals surface area contributed by atoms with Gasteiger partial charge in [-0.2, -0.15) is 4.98 Å². The van der Waals surface area contributed by atoms with E-state index in [-0.39, 0.29) is 17.8 Å². The standard InChI is InChI=1S/C26H25FN4O2/c1-17(2)16-33-26-29-24(22-9-4-5-10-23(22)27)31(30-26)21-8-6-7-20(15-21)28-25(32)19-13-11-18(3)12-14-19/h4-15,17H,16H2,1-3H3,(H,28,32). The zero-order chi connectivity index (χ0) is 23.4. The fraction of sp³-hybridized carbons (Fsp3) is 0.192. The van der Waals surface area contributed by atoms with Crippen LogP contribution < -0.4 is 10.1 Å². The lowest BCUT2D eigenvalue weighted by Crippen LogP contribution is -2.12. The van der Waals surface area contributed by atoms with Crippen LogP contribution in [-0.4, -0.2) is 27.3 Å². The molecule has 0 radical (unpaired) electrons. The molecule has 6 nitrogen and oxygen atoms in total. The van der Waals surface area contributed by atoms with Gasteiger partial charge in [0.25, 0.3) is 5.91 Å². The molecule has 0 unspecified atom stereocenters. The summed E-state index contributed by atoms with van der Waals surface area (Å²) in [6.45, 7) is 6.45. The van der Waals surface area contributed by atoms with Gasteiger partial charge < -0.3 is 10.1 Å². The second-order valence-corrected chi connectivity index (χ2v) is 8.18. The van der Waals surface area contributed by atoms with Crippen LogP contribution in [0.1, 0.15) is 29.8 Å². The predicted molar refractivity (Wildman–Crippen MR) is 126 cm³/mol. The first-order chi connectivity index (χ1) is 15.9. The Morgan fingerprint density at radius 2 is 1.82 bits per heavy atom. The van der Waals surface area contributed by atoms with E-state index >= 15 is 0 Å². The molecule has 0 saturated heterocycles. The van der Waals surface area contributed by atoms with Crippen molar-refractivity contribution in [3.8, 4) is 23.1 Å². The Labute approximate surface area is 192 Å². The minimum absolute atomic E-state index is 0.163. The first-order valence-electron chi connectivity index (χ1n) is 10.7. The maximum absolute atomic E-state index is 14.6. The van der Waals surface area contributed by atoms with Gasteiger partial charge in [0.05, 0.1) is 17.9 Å². The highest BCUT2D eigenvalue weighted by atomic mass is 19.1. The van der Waals surface area contributed by atoms with Crippen LogP contribution in [0.3, 0.4) is 0 Å². The van der Waals surface area contributed by atoms with Gasteiger partial charge in [-0.15, -0.1) is 5.10 Å². The van der Waals surface area contributed by atoms with E-state index < -0.39 is 5.82 Å². The van der Waals surface area contributed by atoms with Crippen LogP contribution in [0, 0.1) is 18.7 Å². The zero-order valence-electron chi connectivity index (χ0n) is 18.7. The second kappa shape index (κ2) is 9.65. The van der Waals surface area contributed by atoms with Gasteiger partial charge in [-0.1, -0.05) is 49.7 Å². The number of ether oxygens (including phenoxy) is 1. The molecule has 0 spiro atoms. The molecule has 33 heavy (non-hydrogen) atoms. The van der Waals surface area contributed by atoms with Crippen LogP contribution >= 0.6 is 0 Å². The first-order valence-corrected chi connectivity index (χ1v) is 10.7. The summed E-state index contributed by atoms with van der Waals surface area (Å²) in [5, 5.41) is 7.36. The summed E-state index contributed by atoms with van der Waals surface area (Å²) >= 11 is 0. The number of rotatable bonds is 7. The van der Waals surface area contributed by atoms with E-state index in [1.165, 1.54) is 10.7 Å². The van der Waals surface area contributed by atoms with E-state index in [2.05, 4.69) is 15.4 Å². The molecule has 1 heterocycles. The number of aromatic nitrogens is 3. The average molecular weight is 445 g/mol. The Balaban J connectivity index is 1.68. The number of amides is 1. The number of hydrogen-bond acceptors (Lipinski definition) is 4. The minimum Gasteiger partial charge on any atom is -0.462 e. The molecule has 0 aliphatic rings. The number of carbonyl (C=O) groups excluding carboxylic acids is 1. The molecule has 1 amide bonds. The summed E-state index contributed by atoms with van der Waals surface area (Å²) in [4.78, 5) is 17.1. The highest BCUT2D eigenvalue weighted by Gasteiger charge is 2.18. The van der Waals surface area contributed by atoms with Gasteiger partial charge in [-0.3, -0.25) is 4.79 Å². The summed E-state index contributed by atoms with van der Waals surface area (Å²) < 4.78 is 21.8. The van der Waals surface area contributed by atoms with Crippen LogP contribution in [0.5, 0.6) is 6.01 Å².